The first-order valence-electron chi connectivity index (χ1n) is 5.29. The van der Waals surface area contributed by atoms with Crippen LogP contribution in [0.2, 0.25) is 0 Å². The van der Waals surface area contributed by atoms with Crippen molar-refractivity contribution in [2.24, 2.45) is 12.8 Å². The van der Waals surface area contributed by atoms with E-state index in [0.717, 1.165) is 17.2 Å². The van der Waals surface area contributed by atoms with Crippen molar-refractivity contribution in [2.45, 2.75) is 20.4 Å². The fraction of sp³-hybridized carbons (Fsp3) is 0.333. The van der Waals surface area contributed by atoms with Crippen LogP contribution in [-0.2, 0) is 13.6 Å². The van der Waals surface area contributed by atoms with Gasteiger partial charge in [0.1, 0.15) is 5.82 Å². The summed E-state index contributed by atoms with van der Waals surface area (Å²) in [6.45, 7) is 4.56. The maximum absolute atomic E-state index is 5.58. The minimum Gasteiger partial charge on any atom is -0.324 e. The molecule has 16 heavy (non-hydrogen) atoms. The maximum atomic E-state index is 5.58. The summed E-state index contributed by atoms with van der Waals surface area (Å²) in [5.41, 5.74) is 9.09. The number of nitrogens with two attached hydrogens (primary N) is 1. The highest BCUT2D eigenvalue weighted by atomic mass is 15.3. The van der Waals surface area contributed by atoms with E-state index in [1.807, 2.05) is 7.05 Å². The van der Waals surface area contributed by atoms with Gasteiger partial charge in [0.2, 0.25) is 0 Å². The summed E-state index contributed by atoms with van der Waals surface area (Å²) in [6, 6.07) is 6.26. The van der Waals surface area contributed by atoms with E-state index in [-0.39, 0.29) is 0 Å². The molecule has 0 aliphatic heterocycles. The summed E-state index contributed by atoms with van der Waals surface area (Å²) in [5.74, 6) is 1.55. The highest BCUT2D eigenvalue weighted by molar-refractivity contribution is 5.60. The van der Waals surface area contributed by atoms with Gasteiger partial charge in [-0.3, -0.25) is 4.68 Å². The van der Waals surface area contributed by atoms with Crippen molar-refractivity contribution in [3.8, 4) is 11.4 Å². The Balaban J connectivity index is 2.50. The fourth-order valence-corrected chi connectivity index (χ4v) is 1.77. The molecule has 84 valence electrons. The van der Waals surface area contributed by atoms with Crippen LogP contribution in [0.15, 0.2) is 18.2 Å². The number of nitrogens with zero attached hydrogens (tertiary/aromatic N) is 3. The third-order valence-corrected chi connectivity index (χ3v) is 2.66. The lowest BCUT2D eigenvalue weighted by molar-refractivity contribution is 0.703. The first-order chi connectivity index (χ1) is 7.61. The van der Waals surface area contributed by atoms with Crippen molar-refractivity contribution in [2.75, 3.05) is 0 Å². The van der Waals surface area contributed by atoms with Gasteiger partial charge in [-0.1, -0.05) is 23.8 Å². The van der Waals surface area contributed by atoms with Crippen LogP contribution in [-0.4, -0.2) is 14.8 Å². The average molecular weight is 216 g/mol. The summed E-state index contributed by atoms with van der Waals surface area (Å²) < 4.78 is 1.73. The quantitative estimate of drug-likeness (QED) is 0.828. The van der Waals surface area contributed by atoms with E-state index in [9.17, 15) is 0 Å². The minimum atomic E-state index is 0.411. The van der Waals surface area contributed by atoms with E-state index in [1.165, 1.54) is 11.1 Å². The molecule has 2 rings (SSSR count). The van der Waals surface area contributed by atoms with Crippen LogP contribution in [0.1, 0.15) is 17.0 Å². The van der Waals surface area contributed by atoms with Crippen LogP contribution in [0.3, 0.4) is 0 Å². The van der Waals surface area contributed by atoms with E-state index >= 15 is 0 Å². The molecule has 0 saturated heterocycles. The summed E-state index contributed by atoms with van der Waals surface area (Å²) in [7, 11) is 1.86. The molecule has 2 N–H and O–H groups in total. The lowest BCUT2D eigenvalue weighted by Crippen LogP contribution is -2.05. The molecule has 0 spiro atoms. The van der Waals surface area contributed by atoms with Gasteiger partial charge >= 0.3 is 0 Å². The largest absolute Gasteiger partial charge is 0.324 e. The van der Waals surface area contributed by atoms with Crippen molar-refractivity contribution in [1.29, 1.82) is 0 Å². The highest BCUT2D eigenvalue weighted by Crippen LogP contribution is 2.21. The molecule has 0 radical (unpaired) electrons. The van der Waals surface area contributed by atoms with Crippen LogP contribution >= 0.6 is 0 Å². The zero-order valence-electron chi connectivity index (χ0n) is 9.86. The van der Waals surface area contributed by atoms with E-state index < -0.39 is 0 Å². The van der Waals surface area contributed by atoms with Crippen LogP contribution in [0, 0.1) is 13.8 Å². The van der Waals surface area contributed by atoms with Crippen molar-refractivity contribution in [1.82, 2.24) is 14.8 Å². The molecule has 0 bridgehead atoms. The molecule has 4 heteroatoms. The van der Waals surface area contributed by atoms with Crippen molar-refractivity contribution in [3.63, 3.8) is 0 Å². The third kappa shape index (κ3) is 1.84. The SMILES string of the molecule is Cc1ccc(-c2nc(CN)n(C)n2)c(C)c1. The Morgan fingerprint density at radius 1 is 1.31 bits per heavy atom. The molecule has 0 aliphatic carbocycles. The molecule has 4 nitrogen and oxygen atoms in total. The van der Waals surface area contributed by atoms with E-state index in [0.29, 0.717) is 6.54 Å². The fourth-order valence-electron chi connectivity index (χ4n) is 1.77. The average Bonchev–Trinajstić information content (AvgIpc) is 2.59. The summed E-state index contributed by atoms with van der Waals surface area (Å²) in [4.78, 5) is 4.42. The minimum absolute atomic E-state index is 0.411. The van der Waals surface area contributed by atoms with E-state index in [1.54, 1.807) is 4.68 Å². The van der Waals surface area contributed by atoms with Crippen molar-refractivity contribution < 1.29 is 0 Å². The van der Waals surface area contributed by atoms with Gasteiger partial charge in [0, 0.05) is 12.6 Å². The predicted molar refractivity (Wildman–Crippen MR) is 63.8 cm³/mol. The van der Waals surface area contributed by atoms with Gasteiger partial charge in [-0.05, 0) is 19.4 Å². The second-order valence-electron chi connectivity index (χ2n) is 4.00. The zero-order valence-corrected chi connectivity index (χ0v) is 9.86. The molecule has 1 aromatic heterocycles. The molecule has 0 fully saturated rings. The summed E-state index contributed by atoms with van der Waals surface area (Å²) in [5, 5.41) is 4.37. The number of aromatic nitrogens is 3. The van der Waals surface area contributed by atoms with E-state index in [4.69, 9.17) is 5.73 Å². The standard InChI is InChI=1S/C12H16N4/c1-8-4-5-10(9(2)6-8)12-14-11(7-13)16(3)15-12/h4-6H,7,13H2,1-3H3. The van der Waals surface area contributed by atoms with E-state index in [2.05, 4.69) is 42.1 Å². The van der Waals surface area contributed by atoms with Crippen molar-refractivity contribution >= 4 is 0 Å². The Morgan fingerprint density at radius 3 is 2.62 bits per heavy atom. The summed E-state index contributed by atoms with van der Waals surface area (Å²) in [6.07, 6.45) is 0. The number of hydrogen-bond acceptors (Lipinski definition) is 3. The molecule has 0 atom stereocenters. The first-order valence-corrected chi connectivity index (χ1v) is 5.29. The Bertz CT molecular complexity index is 514. The number of benzene rings is 1. The van der Waals surface area contributed by atoms with Gasteiger partial charge in [-0.15, -0.1) is 0 Å². The predicted octanol–water partition coefficient (Wildman–Crippen LogP) is 1.56. The van der Waals surface area contributed by atoms with Crippen LogP contribution in [0.4, 0.5) is 0 Å². The smallest absolute Gasteiger partial charge is 0.181 e. The van der Waals surface area contributed by atoms with Gasteiger partial charge < -0.3 is 5.73 Å². The van der Waals surface area contributed by atoms with Gasteiger partial charge in [0.25, 0.3) is 0 Å². The molecule has 1 heterocycles. The van der Waals surface area contributed by atoms with Crippen LogP contribution in [0.25, 0.3) is 11.4 Å². The molecule has 1 aromatic carbocycles. The molecule has 0 aliphatic rings. The van der Waals surface area contributed by atoms with Crippen LogP contribution in [0.5, 0.6) is 0 Å². The normalized spacial score (nSPS) is 10.8. The van der Waals surface area contributed by atoms with Crippen molar-refractivity contribution in [3.05, 3.63) is 35.2 Å². The Morgan fingerprint density at radius 2 is 2.06 bits per heavy atom. The topological polar surface area (TPSA) is 56.7 Å². The van der Waals surface area contributed by atoms with Gasteiger partial charge in [-0.25, -0.2) is 4.98 Å². The maximum Gasteiger partial charge on any atom is 0.181 e. The van der Waals surface area contributed by atoms with Gasteiger partial charge in [0.15, 0.2) is 5.82 Å². The lowest BCUT2D eigenvalue weighted by atomic mass is 10.1. The Labute approximate surface area is 95.1 Å². The van der Waals surface area contributed by atoms with Crippen LogP contribution < -0.4 is 5.73 Å². The van der Waals surface area contributed by atoms with Gasteiger partial charge in [-0.2, -0.15) is 5.10 Å². The number of aryl methyl sites for hydroxylation is 3. The molecular formula is C12H16N4. The molecule has 2 aromatic rings. The second kappa shape index (κ2) is 4.06. The Kier molecular flexibility index (Phi) is 2.75. The molecular weight excluding hydrogens is 200 g/mol. The highest BCUT2D eigenvalue weighted by Gasteiger charge is 2.09. The second-order valence-corrected chi connectivity index (χ2v) is 4.00. The number of hydrogen-bond donors (Lipinski definition) is 1. The molecule has 0 unspecified atom stereocenters. The summed E-state index contributed by atoms with van der Waals surface area (Å²) >= 11 is 0. The molecule has 0 saturated carbocycles. The zero-order chi connectivity index (χ0) is 11.7. The monoisotopic (exact) mass is 216 g/mol. The number of rotatable bonds is 2. The van der Waals surface area contributed by atoms with Gasteiger partial charge in [0.05, 0.1) is 6.54 Å². The third-order valence-electron chi connectivity index (χ3n) is 2.66. The molecule has 0 amide bonds. The lowest BCUT2D eigenvalue weighted by Gasteiger charge is -2.02. The Hall–Kier alpha value is -1.68. The first kappa shape index (κ1) is 10.8.